The normalized spacial score (nSPS) is 17.4. The van der Waals surface area contributed by atoms with Gasteiger partial charge in [0.15, 0.2) is 9.84 Å². The topological polar surface area (TPSA) is 127 Å². The Kier molecular flexibility index (Phi) is 9.58. The third kappa shape index (κ3) is 6.91. The molecule has 0 spiro atoms. The lowest BCUT2D eigenvalue weighted by atomic mass is 10.00. The monoisotopic (exact) mass is 647 g/mol. The molecule has 1 saturated heterocycles. The molecule has 1 fully saturated rings. The molecular formula is C27H30Cl2F3N5O4S. The third-order valence-electron chi connectivity index (χ3n) is 7.19. The summed E-state index contributed by atoms with van der Waals surface area (Å²) in [5.74, 6) is -0.546. The van der Waals surface area contributed by atoms with Gasteiger partial charge in [-0.15, -0.1) is 0 Å². The maximum absolute atomic E-state index is 14.3. The van der Waals surface area contributed by atoms with Crippen LogP contribution < -0.4 is 16.6 Å². The van der Waals surface area contributed by atoms with Gasteiger partial charge in [-0.3, -0.25) is 19.1 Å². The fraction of sp³-hybridized carbons (Fsp3) is 0.444. The van der Waals surface area contributed by atoms with Crippen molar-refractivity contribution in [3.63, 3.8) is 0 Å². The van der Waals surface area contributed by atoms with E-state index < -0.39 is 33.2 Å². The molecule has 1 amide bonds. The Morgan fingerprint density at radius 1 is 1.24 bits per heavy atom. The van der Waals surface area contributed by atoms with Crippen molar-refractivity contribution < 1.29 is 26.4 Å². The number of likely N-dealkylation sites (tertiary alicyclic amines) is 1. The molecule has 0 bridgehead atoms. The molecule has 2 aromatic carbocycles. The number of carbonyl (C=O) groups excluding carboxylic acids is 1. The molecule has 0 aliphatic carbocycles. The molecule has 2 heterocycles. The van der Waals surface area contributed by atoms with Crippen LogP contribution in [-0.4, -0.2) is 59.7 Å². The molecule has 2 atom stereocenters. The van der Waals surface area contributed by atoms with Crippen LogP contribution in [0.5, 0.6) is 0 Å². The zero-order chi connectivity index (χ0) is 31.0. The molecule has 9 nitrogen and oxygen atoms in total. The van der Waals surface area contributed by atoms with E-state index in [2.05, 4.69) is 10.3 Å². The van der Waals surface area contributed by atoms with E-state index >= 15 is 0 Å². The number of halogens is 5. The van der Waals surface area contributed by atoms with Crippen molar-refractivity contribution in [2.45, 2.75) is 62.9 Å². The number of benzene rings is 2. The van der Waals surface area contributed by atoms with Gasteiger partial charge < -0.3 is 11.1 Å². The molecule has 1 aromatic heterocycles. The fourth-order valence-corrected chi connectivity index (χ4v) is 6.63. The minimum atomic E-state index is -4.84. The number of carbonyl (C=O) groups is 1. The lowest BCUT2D eigenvalue weighted by Gasteiger charge is -2.34. The molecule has 42 heavy (non-hydrogen) atoms. The number of hydrogen-bond donors (Lipinski definition) is 2. The number of sulfone groups is 1. The van der Waals surface area contributed by atoms with Crippen LogP contribution in [0.3, 0.4) is 0 Å². The highest BCUT2D eigenvalue weighted by atomic mass is 35.5. The van der Waals surface area contributed by atoms with Crippen molar-refractivity contribution in [1.29, 1.82) is 0 Å². The quantitative estimate of drug-likeness (QED) is 0.378. The highest BCUT2D eigenvalue weighted by Crippen LogP contribution is 2.39. The van der Waals surface area contributed by atoms with Crippen molar-refractivity contribution in [3.8, 4) is 0 Å². The summed E-state index contributed by atoms with van der Waals surface area (Å²) in [6.07, 6.45) is -2.43. The molecule has 3 aromatic rings. The lowest BCUT2D eigenvalue weighted by molar-refractivity contribution is -0.138. The van der Waals surface area contributed by atoms with E-state index in [1.165, 1.54) is 25.1 Å². The largest absolute Gasteiger partial charge is 0.416 e. The molecule has 1 aliphatic rings. The summed E-state index contributed by atoms with van der Waals surface area (Å²) in [5, 5.41) is 2.38. The van der Waals surface area contributed by atoms with Gasteiger partial charge in [0.2, 0.25) is 5.91 Å². The van der Waals surface area contributed by atoms with Crippen molar-refractivity contribution in [2.75, 3.05) is 18.8 Å². The number of fused-ring (bicyclic) bond motifs is 1. The SMILES string of the molecule is CCS(=O)(=O)c1ccc(Cl)cc1Cn1cnc2c(Cl)c(CN3CCCC(NC(=O)[C@H](C)N)C3)c(C(F)(F)F)cc2c1=O. The number of rotatable bonds is 8. The molecular weight excluding hydrogens is 618 g/mol. The number of nitrogens with zero attached hydrogens (tertiary/aromatic N) is 3. The van der Waals surface area contributed by atoms with Crippen LogP contribution >= 0.6 is 23.2 Å². The van der Waals surface area contributed by atoms with Gasteiger partial charge >= 0.3 is 6.18 Å². The third-order valence-corrected chi connectivity index (χ3v) is 9.66. The summed E-state index contributed by atoms with van der Waals surface area (Å²) < 4.78 is 69.2. The number of alkyl halides is 3. The van der Waals surface area contributed by atoms with Crippen LogP contribution in [0.2, 0.25) is 10.0 Å². The molecule has 0 saturated carbocycles. The van der Waals surface area contributed by atoms with Crippen LogP contribution in [0, 0.1) is 0 Å². The van der Waals surface area contributed by atoms with E-state index in [4.69, 9.17) is 28.9 Å². The molecule has 4 rings (SSSR count). The number of nitrogens with two attached hydrogens (primary N) is 1. The van der Waals surface area contributed by atoms with E-state index in [0.29, 0.717) is 25.9 Å². The molecule has 1 unspecified atom stereocenters. The number of aromatic nitrogens is 2. The Balaban J connectivity index is 1.74. The Hall–Kier alpha value is -2.71. The predicted octanol–water partition coefficient (Wildman–Crippen LogP) is 3.99. The van der Waals surface area contributed by atoms with Gasteiger partial charge in [-0.1, -0.05) is 30.1 Å². The Bertz CT molecular complexity index is 1680. The fourth-order valence-electron chi connectivity index (χ4n) is 5.01. The second-order valence-electron chi connectivity index (χ2n) is 10.3. The average Bonchev–Trinajstić information content (AvgIpc) is 2.91. The van der Waals surface area contributed by atoms with E-state index in [-0.39, 0.29) is 67.8 Å². The molecule has 0 radical (unpaired) electrons. The summed E-state index contributed by atoms with van der Waals surface area (Å²) in [5.41, 5.74) is 3.59. The van der Waals surface area contributed by atoms with Gasteiger partial charge in [-0.2, -0.15) is 13.2 Å². The number of hydrogen-bond acceptors (Lipinski definition) is 7. The minimum absolute atomic E-state index is 0.0392. The van der Waals surface area contributed by atoms with Gasteiger partial charge in [0.1, 0.15) is 0 Å². The second-order valence-corrected chi connectivity index (χ2v) is 13.4. The number of amides is 1. The summed E-state index contributed by atoms with van der Waals surface area (Å²) in [7, 11) is -3.69. The van der Waals surface area contributed by atoms with E-state index in [1.54, 1.807) is 11.8 Å². The first kappa shape index (κ1) is 32.2. The lowest BCUT2D eigenvalue weighted by Crippen LogP contribution is -2.51. The first-order valence-electron chi connectivity index (χ1n) is 13.2. The van der Waals surface area contributed by atoms with Crippen LogP contribution in [0.1, 0.15) is 43.4 Å². The first-order valence-corrected chi connectivity index (χ1v) is 15.6. The Labute approximate surface area is 250 Å². The van der Waals surface area contributed by atoms with Crippen LogP contribution in [0.25, 0.3) is 10.9 Å². The van der Waals surface area contributed by atoms with Gasteiger partial charge in [0.05, 0.1) is 51.1 Å². The molecule has 15 heteroatoms. The van der Waals surface area contributed by atoms with Crippen LogP contribution in [-0.2, 0) is 33.9 Å². The summed E-state index contributed by atoms with van der Waals surface area (Å²) in [6, 6.07) is 3.86. The van der Waals surface area contributed by atoms with E-state index in [9.17, 15) is 31.2 Å². The van der Waals surface area contributed by atoms with Gasteiger partial charge in [0.25, 0.3) is 5.56 Å². The Morgan fingerprint density at radius 3 is 2.60 bits per heavy atom. The van der Waals surface area contributed by atoms with Crippen LogP contribution in [0.15, 0.2) is 40.3 Å². The zero-order valence-corrected chi connectivity index (χ0v) is 25.2. The second kappa shape index (κ2) is 12.5. The maximum atomic E-state index is 14.3. The summed E-state index contributed by atoms with van der Waals surface area (Å²) in [6.45, 7) is 3.31. The highest BCUT2D eigenvalue weighted by Gasteiger charge is 2.37. The molecule has 228 valence electrons. The first-order chi connectivity index (χ1) is 19.6. The summed E-state index contributed by atoms with van der Waals surface area (Å²) >= 11 is 12.6. The Morgan fingerprint density at radius 2 is 1.95 bits per heavy atom. The minimum Gasteiger partial charge on any atom is -0.351 e. The standard InChI is InChI=1S/C27H30Cl2F3N5O4S/c1-3-42(40,41)22-7-6-17(28)9-16(22)11-37-14-34-24-19(26(37)39)10-21(27(30,31)32)20(23(24)29)13-36-8-4-5-18(12-36)35-25(38)15(2)33/h6-7,9-10,14-15,18H,3-5,8,11-13,33H2,1-2H3,(H,35,38)/t15-,18?/m0/s1. The molecule has 1 aliphatic heterocycles. The van der Waals surface area contributed by atoms with Gasteiger partial charge in [-0.05, 0) is 61.7 Å². The zero-order valence-electron chi connectivity index (χ0n) is 22.8. The van der Waals surface area contributed by atoms with Crippen molar-refractivity contribution in [1.82, 2.24) is 19.8 Å². The summed E-state index contributed by atoms with van der Waals surface area (Å²) in [4.78, 5) is 31.4. The van der Waals surface area contributed by atoms with E-state index in [0.717, 1.165) is 17.0 Å². The molecule has 3 N–H and O–H groups in total. The predicted molar refractivity (Wildman–Crippen MR) is 154 cm³/mol. The highest BCUT2D eigenvalue weighted by molar-refractivity contribution is 7.91. The van der Waals surface area contributed by atoms with Crippen LogP contribution in [0.4, 0.5) is 13.2 Å². The average molecular weight is 649 g/mol. The van der Waals surface area contributed by atoms with Gasteiger partial charge in [-0.25, -0.2) is 13.4 Å². The number of nitrogens with one attached hydrogen (secondary N) is 1. The van der Waals surface area contributed by atoms with Crippen molar-refractivity contribution in [2.24, 2.45) is 5.73 Å². The maximum Gasteiger partial charge on any atom is 0.416 e. The van der Waals surface area contributed by atoms with Gasteiger partial charge in [0, 0.05) is 24.2 Å². The number of piperidine rings is 1. The van der Waals surface area contributed by atoms with Crippen molar-refractivity contribution in [3.05, 3.63) is 67.7 Å². The van der Waals surface area contributed by atoms with Crippen molar-refractivity contribution >= 4 is 49.8 Å². The smallest absolute Gasteiger partial charge is 0.351 e. The van der Waals surface area contributed by atoms with E-state index in [1.807, 2.05) is 0 Å².